The minimum absolute atomic E-state index is 0.291. The van der Waals surface area contributed by atoms with Crippen molar-refractivity contribution in [2.45, 2.75) is 24.9 Å². The maximum atomic E-state index is 12.7. The normalized spacial score (nSPS) is 23.6. The van der Waals surface area contributed by atoms with Gasteiger partial charge in [0.2, 0.25) is 0 Å². The lowest BCUT2D eigenvalue weighted by molar-refractivity contribution is -0.137. The van der Waals surface area contributed by atoms with Crippen LogP contribution in [0.2, 0.25) is 0 Å². The van der Waals surface area contributed by atoms with Crippen molar-refractivity contribution < 1.29 is 13.2 Å². The van der Waals surface area contributed by atoms with E-state index in [1.54, 1.807) is 6.07 Å². The van der Waals surface area contributed by atoms with Crippen LogP contribution in [0.1, 0.15) is 35.4 Å². The second-order valence-electron chi connectivity index (χ2n) is 5.31. The highest BCUT2D eigenvalue weighted by molar-refractivity contribution is 5.63. The van der Waals surface area contributed by atoms with Crippen molar-refractivity contribution in [3.8, 4) is 0 Å². The summed E-state index contributed by atoms with van der Waals surface area (Å²) in [7, 11) is 0. The van der Waals surface area contributed by atoms with Gasteiger partial charge in [0, 0.05) is 5.92 Å². The molecule has 1 fully saturated rings. The van der Waals surface area contributed by atoms with Gasteiger partial charge in [-0.15, -0.1) is 0 Å². The van der Waals surface area contributed by atoms with E-state index in [2.05, 4.69) is 11.4 Å². The summed E-state index contributed by atoms with van der Waals surface area (Å²) in [6.45, 7) is 2.01. The molecule has 0 saturated carbocycles. The third kappa shape index (κ3) is 2.41. The molecule has 0 spiro atoms. The molecule has 2 aliphatic rings. The van der Waals surface area contributed by atoms with E-state index < -0.39 is 11.7 Å². The third-order valence-electron chi connectivity index (χ3n) is 4.15. The first kappa shape index (κ1) is 12.7. The van der Waals surface area contributed by atoms with Crippen LogP contribution in [0, 0.1) is 5.92 Å². The third-order valence-corrected chi connectivity index (χ3v) is 4.15. The Labute approximate surface area is 110 Å². The van der Waals surface area contributed by atoms with E-state index in [1.807, 2.05) is 6.08 Å². The van der Waals surface area contributed by atoms with Crippen LogP contribution in [0.3, 0.4) is 0 Å². The SMILES string of the molecule is FC(F)(F)c1ccc2c(c1)C=CC2C1CCNCC1. The Morgan fingerprint density at radius 3 is 2.53 bits per heavy atom. The van der Waals surface area contributed by atoms with Gasteiger partial charge in [-0.1, -0.05) is 18.2 Å². The number of nitrogens with one attached hydrogen (secondary N) is 1. The minimum Gasteiger partial charge on any atom is -0.317 e. The van der Waals surface area contributed by atoms with E-state index in [0.717, 1.165) is 37.1 Å². The summed E-state index contributed by atoms with van der Waals surface area (Å²) in [5, 5.41) is 3.32. The van der Waals surface area contributed by atoms with Crippen molar-refractivity contribution in [2.24, 2.45) is 5.92 Å². The second kappa shape index (κ2) is 4.67. The number of benzene rings is 1. The molecular formula is C15H16F3N. The largest absolute Gasteiger partial charge is 0.416 e. The standard InChI is InChI=1S/C15H16F3N/c16-15(17,18)12-2-4-14-11(9-12)1-3-13(14)10-5-7-19-8-6-10/h1-4,9-10,13,19H,5-8H2. The zero-order chi connectivity index (χ0) is 13.5. The molecule has 1 N–H and O–H groups in total. The number of halogens is 3. The number of alkyl halides is 3. The number of hydrogen-bond donors (Lipinski definition) is 1. The second-order valence-corrected chi connectivity index (χ2v) is 5.31. The molecule has 3 rings (SSSR count). The van der Waals surface area contributed by atoms with E-state index in [9.17, 15) is 13.2 Å². The molecule has 0 amide bonds. The lowest BCUT2D eigenvalue weighted by Gasteiger charge is -2.28. The smallest absolute Gasteiger partial charge is 0.317 e. The number of rotatable bonds is 1. The van der Waals surface area contributed by atoms with E-state index in [4.69, 9.17) is 0 Å². The van der Waals surface area contributed by atoms with Crippen LogP contribution in [0.15, 0.2) is 24.3 Å². The summed E-state index contributed by atoms with van der Waals surface area (Å²) < 4.78 is 38.0. The van der Waals surface area contributed by atoms with Crippen LogP contribution in [-0.2, 0) is 6.18 Å². The van der Waals surface area contributed by atoms with Crippen molar-refractivity contribution in [3.05, 3.63) is 41.0 Å². The monoisotopic (exact) mass is 267 g/mol. The average Bonchev–Trinajstić information content (AvgIpc) is 2.81. The molecule has 0 aromatic heterocycles. The lowest BCUT2D eigenvalue weighted by Crippen LogP contribution is -2.30. The van der Waals surface area contributed by atoms with Gasteiger partial charge in [-0.3, -0.25) is 0 Å². The summed E-state index contributed by atoms with van der Waals surface area (Å²) in [4.78, 5) is 0. The molecule has 102 valence electrons. The Balaban J connectivity index is 1.87. The maximum Gasteiger partial charge on any atom is 0.416 e. The zero-order valence-electron chi connectivity index (χ0n) is 10.5. The zero-order valence-corrected chi connectivity index (χ0v) is 10.5. The Morgan fingerprint density at radius 1 is 1.11 bits per heavy atom. The fourth-order valence-electron chi connectivity index (χ4n) is 3.12. The van der Waals surface area contributed by atoms with Gasteiger partial charge >= 0.3 is 6.18 Å². The van der Waals surface area contributed by atoms with Crippen molar-refractivity contribution in [1.82, 2.24) is 5.32 Å². The fraction of sp³-hybridized carbons (Fsp3) is 0.467. The van der Waals surface area contributed by atoms with Gasteiger partial charge in [-0.25, -0.2) is 0 Å². The van der Waals surface area contributed by atoms with Gasteiger partial charge in [0.1, 0.15) is 0 Å². The van der Waals surface area contributed by atoms with Crippen molar-refractivity contribution in [1.29, 1.82) is 0 Å². The average molecular weight is 267 g/mol. The van der Waals surface area contributed by atoms with E-state index >= 15 is 0 Å². The highest BCUT2D eigenvalue weighted by atomic mass is 19.4. The van der Waals surface area contributed by atoms with Crippen LogP contribution < -0.4 is 5.32 Å². The first-order valence-corrected chi connectivity index (χ1v) is 6.66. The summed E-state index contributed by atoms with van der Waals surface area (Å²) in [6, 6.07) is 4.14. The van der Waals surface area contributed by atoms with Gasteiger partial charge in [0.15, 0.2) is 0 Å². The van der Waals surface area contributed by atoms with Crippen molar-refractivity contribution in [2.75, 3.05) is 13.1 Å². The van der Waals surface area contributed by atoms with E-state index in [0.29, 0.717) is 11.8 Å². The summed E-state index contributed by atoms with van der Waals surface area (Å²) in [6.07, 6.45) is 1.85. The van der Waals surface area contributed by atoms with E-state index in [-0.39, 0.29) is 0 Å². The first-order valence-electron chi connectivity index (χ1n) is 6.66. The number of piperidine rings is 1. The fourth-order valence-corrected chi connectivity index (χ4v) is 3.12. The van der Waals surface area contributed by atoms with Gasteiger partial charge in [0.25, 0.3) is 0 Å². The lowest BCUT2D eigenvalue weighted by atomic mass is 9.81. The molecule has 1 aliphatic heterocycles. The number of hydrogen-bond acceptors (Lipinski definition) is 1. The summed E-state index contributed by atoms with van der Waals surface area (Å²) >= 11 is 0. The molecule has 0 radical (unpaired) electrons. The molecule has 1 unspecified atom stereocenters. The first-order chi connectivity index (χ1) is 9.05. The Bertz CT molecular complexity index is 499. The molecule has 1 atom stereocenters. The van der Waals surface area contributed by atoms with Crippen LogP contribution in [0.4, 0.5) is 13.2 Å². The molecule has 1 aromatic carbocycles. The highest BCUT2D eigenvalue weighted by Crippen LogP contribution is 2.41. The van der Waals surface area contributed by atoms with Crippen molar-refractivity contribution in [3.63, 3.8) is 0 Å². The maximum absolute atomic E-state index is 12.7. The topological polar surface area (TPSA) is 12.0 Å². The molecule has 19 heavy (non-hydrogen) atoms. The molecule has 0 bridgehead atoms. The van der Waals surface area contributed by atoms with Crippen LogP contribution in [0.5, 0.6) is 0 Å². The van der Waals surface area contributed by atoms with Crippen LogP contribution in [0.25, 0.3) is 6.08 Å². The molecule has 1 aliphatic carbocycles. The molecule has 4 heteroatoms. The summed E-state index contributed by atoms with van der Waals surface area (Å²) in [5.74, 6) is 0.842. The van der Waals surface area contributed by atoms with Gasteiger partial charge in [-0.05, 0) is 55.1 Å². The van der Waals surface area contributed by atoms with Gasteiger partial charge in [0.05, 0.1) is 5.56 Å². The van der Waals surface area contributed by atoms with Crippen LogP contribution in [-0.4, -0.2) is 13.1 Å². The van der Waals surface area contributed by atoms with Gasteiger partial charge in [-0.2, -0.15) is 13.2 Å². The summed E-state index contributed by atoms with van der Waals surface area (Å²) in [5.41, 5.74) is 1.24. The van der Waals surface area contributed by atoms with E-state index in [1.165, 1.54) is 12.1 Å². The quantitative estimate of drug-likeness (QED) is 0.815. The number of allylic oxidation sites excluding steroid dienone is 1. The Kier molecular flexibility index (Phi) is 3.13. The molecular weight excluding hydrogens is 251 g/mol. The number of fused-ring (bicyclic) bond motifs is 1. The Hall–Kier alpha value is -1.29. The van der Waals surface area contributed by atoms with Crippen LogP contribution >= 0.6 is 0 Å². The Morgan fingerprint density at radius 2 is 1.84 bits per heavy atom. The van der Waals surface area contributed by atoms with Gasteiger partial charge < -0.3 is 5.32 Å². The highest BCUT2D eigenvalue weighted by Gasteiger charge is 2.33. The predicted molar refractivity (Wildman–Crippen MR) is 68.8 cm³/mol. The molecule has 1 saturated heterocycles. The minimum atomic E-state index is -4.25. The molecule has 1 nitrogen and oxygen atoms in total. The van der Waals surface area contributed by atoms with Crippen molar-refractivity contribution >= 4 is 6.08 Å². The molecule has 1 aromatic rings. The molecule has 1 heterocycles. The predicted octanol–water partition coefficient (Wildman–Crippen LogP) is 3.82.